The molecule has 8 heteroatoms. The number of fused-ring (bicyclic) bond motifs is 1. The number of nitrogens with two attached hydrogens (primary N) is 1. The van der Waals surface area contributed by atoms with Gasteiger partial charge in [0, 0.05) is 43.0 Å². The molecule has 0 fully saturated rings. The molecule has 0 unspecified atom stereocenters. The Morgan fingerprint density at radius 3 is 2.39 bits per heavy atom. The van der Waals surface area contributed by atoms with Crippen molar-refractivity contribution in [2.75, 3.05) is 0 Å². The van der Waals surface area contributed by atoms with Gasteiger partial charge in [0.2, 0.25) is 0 Å². The molecule has 0 bridgehead atoms. The van der Waals surface area contributed by atoms with Crippen LogP contribution in [0.3, 0.4) is 0 Å². The summed E-state index contributed by atoms with van der Waals surface area (Å²) in [7, 11) is 0. The maximum absolute atomic E-state index is 14.2. The van der Waals surface area contributed by atoms with Gasteiger partial charge in [0.15, 0.2) is 5.78 Å². The third-order valence-corrected chi connectivity index (χ3v) is 7.10. The van der Waals surface area contributed by atoms with E-state index in [1.807, 2.05) is 24.3 Å². The topological polar surface area (TPSA) is 90.1 Å². The molecule has 5 rings (SSSR count). The summed E-state index contributed by atoms with van der Waals surface area (Å²) in [6.07, 6.45) is 3.29. The average molecular weight is 555 g/mol. The van der Waals surface area contributed by atoms with E-state index in [4.69, 9.17) is 5.73 Å². The molecule has 206 valence electrons. The van der Waals surface area contributed by atoms with E-state index in [1.54, 1.807) is 12.1 Å². The highest BCUT2D eigenvalue weighted by Crippen LogP contribution is 2.35. The number of rotatable bonds is 9. The predicted octanol–water partition coefficient (Wildman–Crippen LogP) is 6.15. The summed E-state index contributed by atoms with van der Waals surface area (Å²) in [6, 6.07) is 17.9. The third kappa shape index (κ3) is 6.32. The molecule has 5 nitrogen and oxygen atoms in total. The molecule has 1 aromatic heterocycles. The van der Waals surface area contributed by atoms with Gasteiger partial charge < -0.3 is 5.73 Å². The summed E-state index contributed by atoms with van der Waals surface area (Å²) in [5.74, 6) is -4.14. The van der Waals surface area contributed by atoms with Gasteiger partial charge in [-0.25, -0.2) is 13.2 Å². The van der Waals surface area contributed by atoms with Crippen LogP contribution >= 0.6 is 0 Å². The number of ketones is 2. The number of Topliss-reactive ketones (excluding diaryl/α,β-unsaturated/α-hetero) is 1. The number of pyridine rings is 1. The number of amides is 1. The van der Waals surface area contributed by atoms with Gasteiger partial charge in [-0.3, -0.25) is 19.4 Å². The monoisotopic (exact) mass is 554 g/mol. The lowest BCUT2D eigenvalue weighted by Crippen LogP contribution is -2.16. The maximum Gasteiger partial charge on any atom is 0.251 e. The molecular formula is C33H25F3N2O3. The fraction of sp³-hybridized carbons (Fsp3) is 0.152. The lowest BCUT2D eigenvalue weighted by molar-refractivity contribution is -0.118. The minimum Gasteiger partial charge on any atom is -0.366 e. The number of allylic oxidation sites excluding steroid dienone is 2. The van der Waals surface area contributed by atoms with Crippen LogP contribution < -0.4 is 5.73 Å². The number of hydrogen-bond donors (Lipinski definition) is 1. The van der Waals surface area contributed by atoms with Crippen LogP contribution in [0.5, 0.6) is 0 Å². The maximum atomic E-state index is 14.2. The van der Waals surface area contributed by atoms with Crippen molar-refractivity contribution in [2.45, 2.75) is 31.6 Å². The van der Waals surface area contributed by atoms with Crippen molar-refractivity contribution in [1.82, 2.24) is 4.98 Å². The van der Waals surface area contributed by atoms with Crippen LogP contribution in [-0.2, 0) is 22.4 Å². The first-order valence-electron chi connectivity index (χ1n) is 13.0. The Morgan fingerprint density at radius 2 is 1.63 bits per heavy atom. The zero-order valence-electron chi connectivity index (χ0n) is 21.9. The lowest BCUT2D eigenvalue weighted by atomic mass is 9.83. The standard InChI is InChI=1S/C33H25F3N2O3/c34-24-11-19(12-25(35)18-24)10-23(16-27(40)15-22-14-26(39)13-20-4-1-2-5-28(20)22)32-29(6-3-9-38-32)21-7-8-31(36)30(17-21)33(37)41/h1-9,11-12,14,17-18,23H,10,13,15-16H2,(H2,37,41)/t23-/m1/s1. The van der Waals surface area contributed by atoms with Crippen molar-refractivity contribution in [1.29, 1.82) is 0 Å². The van der Waals surface area contributed by atoms with E-state index in [0.29, 0.717) is 28.0 Å². The van der Waals surface area contributed by atoms with Crippen molar-refractivity contribution in [3.05, 3.63) is 130 Å². The van der Waals surface area contributed by atoms with Gasteiger partial charge in [0.25, 0.3) is 5.91 Å². The van der Waals surface area contributed by atoms with Crippen LogP contribution in [0.25, 0.3) is 16.7 Å². The lowest BCUT2D eigenvalue weighted by Gasteiger charge is -2.21. The SMILES string of the molecule is NC(=O)c1cc(-c2cccnc2[C@@H](CC(=O)CC2=CC(=O)Cc3ccccc32)Cc2cc(F)cc(F)c2)ccc1F. The Morgan fingerprint density at radius 1 is 0.902 bits per heavy atom. The fourth-order valence-corrected chi connectivity index (χ4v) is 5.35. The average Bonchev–Trinajstić information content (AvgIpc) is 2.92. The molecule has 0 saturated carbocycles. The molecule has 4 aromatic rings. The van der Waals surface area contributed by atoms with Crippen LogP contribution in [0.1, 0.15) is 51.5 Å². The molecule has 0 saturated heterocycles. The molecule has 1 heterocycles. The van der Waals surface area contributed by atoms with Gasteiger partial charge in [-0.05, 0) is 70.7 Å². The van der Waals surface area contributed by atoms with Gasteiger partial charge in [-0.1, -0.05) is 36.4 Å². The van der Waals surface area contributed by atoms with Crippen molar-refractivity contribution in [3.8, 4) is 11.1 Å². The molecule has 2 N–H and O–H groups in total. The van der Waals surface area contributed by atoms with Gasteiger partial charge in [-0.15, -0.1) is 0 Å². The number of halogens is 3. The molecule has 3 aromatic carbocycles. The summed E-state index contributed by atoms with van der Waals surface area (Å²) < 4.78 is 42.4. The van der Waals surface area contributed by atoms with Gasteiger partial charge in [-0.2, -0.15) is 0 Å². The minimum absolute atomic E-state index is 0.0126. The summed E-state index contributed by atoms with van der Waals surface area (Å²) in [5, 5.41) is 0. The number of carbonyl (C=O) groups excluding carboxylic acids is 3. The van der Waals surface area contributed by atoms with Gasteiger partial charge >= 0.3 is 0 Å². The normalized spacial score (nSPS) is 13.3. The zero-order chi connectivity index (χ0) is 29.1. The number of aromatic nitrogens is 1. The van der Waals surface area contributed by atoms with Gasteiger partial charge in [0.1, 0.15) is 23.2 Å². The zero-order valence-corrected chi connectivity index (χ0v) is 21.9. The Bertz CT molecular complexity index is 1690. The van der Waals surface area contributed by atoms with Crippen LogP contribution in [0.4, 0.5) is 13.2 Å². The largest absolute Gasteiger partial charge is 0.366 e. The molecule has 1 amide bonds. The summed E-state index contributed by atoms with van der Waals surface area (Å²) in [5.41, 5.74) is 9.07. The van der Waals surface area contributed by atoms with Crippen LogP contribution in [-0.4, -0.2) is 22.5 Å². The van der Waals surface area contributed by atoms with Crippen molar-refractivity contribution in [2.24, 2.45) is 5.73 Å². The predicted molar refractivity (Wildman–Crippen MR) is 148 cm³/mol. The second kappa shape index (κ2) is 11.7. The Labute approximate surface area is 234 Å². The summed E-state index contributed by atoms with van der Waals surface area (Å²) in [4.78, 5) is 42.2. The molecule has 0 aliphatic heterocycles. The van der Waals surface area contributed by atoms with E-state index in [2.05, 4.69) is 4.98 Å². The highest BCUT2D eigenvalue weighted by Gasteiger charge is 2.25. The van der Waals surface area contributed by atoms with E-state index < -0.39 is 29.3 Å². The number of nitrogens with zero attached hydrogens (tertiary/aromatic N) is 1. The Kier molecular flexibility index (Phi) is 7.92. The van der Waals surface area contributed by atoms with Crippen LogP contribution in [0.15, 0.2) is 85.1 Å². The first kappa shape index (κ1) is 27.7. The highest BCUT2D eigenvalue weighted by atomic mass is 19.1. The van der Waals surface area contributed by atoms with E-state index in [9.17, 15) is 27.6 Å². The number of carbonyl (C=O) groups is 3. The molecule has 0 radical (unpaired) electrons. The molecule has 0 spiro atoms. The molecule has 41 heavy (non-hydrogen) atoms. The highest BCUT2D eigenvalue weighted by molar-refractivity contribution is 6.05. The Balaban J connectivity index is 1.52. The third-order valence-electron chi connectivity index (χ3n) is 7.10. The number of benzene rings is 3. The summed E-state index contributed by atoms with van der Waals surface area (Å²) >= 11 is 0. The van der Waals surface area contributed by atoms with Crippen LogP contribution in [0, 0.1) is 17.5 Å². The smallest absolute Gasteiger partial charge is 0.251 e. The molecule has 1 aliphatic carbocycles. The Hall–Kier alpha value is -4.85. The second-order valence-corrected chi connectivity index (χ2v) is 10.1. The number of hydrogen-bond acceptors (Lipinski definition) is 4. The van der Waals surface area contributed by atoms with Crippen molar-refractivity contribution >= 4 is 23.0 Å². The fourth-order valence-electron chi connectivity index (χ4n) is 5.35. The van der Waals surface area contributed by atoms with E-state index in [1.165, 1.54) is 36.5 Å². The molecular weight excluding hydrogens is 529 g/mol. The quantitative estimate of drug-likeness (QED) is 0.269. The van der Waals surface area contributed by atoms with Crippen molar-refractivity contribution < 1.29 is 27.6 Å². The number of primary amides is 1. The van der Waals surface area contributed by atoms with Crippen LogP contribution in [0.2, 0.25) is 0 Å². The first-order chi connectivity index (χ1) is 19.7. The van der Waals surface area contributed by atoms with E-state index in [-0.39, 0.29) is 42.8 Å². The second-order valence-electron chi connectivity index (χ2n) is 10.1. The minimum atomic E-state index is -0.938. The van der Waals surface area contributed by atoms with E-state index in [0.717, 1.165) is 23.3 Å². The van der Waals surface area contributed by atoms with Gasteiger partial charge in [0.05, 0.1) is 11.3 Å². The van der Waals surface area contributed by atoms with Crippen molar-refractivity contribution in [3.63, 3.8) is 0 Å². The first-order valence-corrected chi connectivity index (χ1v) is 13.0. The van der Waals surface area contributed by atoms with E-state index >= 15 is 0 Å². The molecule has 1 aliphatic rings. The molecule has 1 atom stereocenters. The summed E-state index contributed by atoms with van der Waals surface area (Å²) in [6.45, 7) is 0.